The molecule has 154 valence electrons. The number of ether oxygens (including phenoxy) is 3. The van der Waals surface area contributed by atoms with Crippen LogP contribution in [0.15, 0.2) is 60.7 Å². The van der Waals surface area contributed by atoms with Gasteiger partial charge in [-0.25, -0.2) is 0 Å². The quantitative estimate of drug-likeness (QED) is 0.441. The molecule has 0 radical (unpaired) electrons. The van der Waals surface area contributed by atoms with Gasteiger partial charge in [-0.05, 0) is 28.7 Å². The smallest absolute Gasteiger partial charge is 0.328 e. The van der Waals surface area contributed by atoms with Crippen LogP contribution in [0.3, 0.4) is 0 Å². The lowest BCUT2D eigenvalue weighted by molar-refractivity contribution is -0.161. The van der Waals surface area contributed by atoms with Gasteiger partial charge in [0.15, 0.2) is 5.41 Å². The van der Waals surface area contributed by atoms with Crippen LogP contribution in [0.25, 0.3) is 11.1 Å². The Balaban J connectivity index is 2.14. The summed E-state index contributed by atoms with van der Waals surface area (Å²) in [6, 6.07) is 18.4. The number of fused-ring (bicyclic) bond motifs is 1. The van der Waals surface area contributed by atoms with Crippen LogP contribution in [-0.2, 0) is 28.6 Å². The zero-order valence-electron chi connectivity index (χ0n) is 16.8. The van der Waals surface area contributed by atoms with E-state index in [4.69, 9.17) is 14.2 Å². The van der Waals surface area contributed by atoms with Gasteiger partial charge in [-0.15, -0.1) is 0 Å². The summed E-state index contributed by atoms with van der Waals surface area (Å²) in [5.74, 6) is -2.92. The van der Waals surface area contributed by atoms with Gasteiger partial charge in [0.05, 0.1) is 26.7 Å². The van der Waals surface area contributed by atoms with Crippen molar-refractivity contribution in [1.82, 2.24) is 0 Å². The molecule has 2 aliphatic rings. The average Bonchev–Trinajstić information content (AvgIpc) is 3.14. The van der Waals surface area contributed by atoms with E-state index < -0.39 is 35.2 Å². The maximum absolute atomic E-state index is 13.2. The Morgan fingerprint density at radius 3 is 2.10 bits per heavy atom. The van der Waals surface area contributed by atoms with Crippen molar-refractivity contribution < 1.29 is 28.6 Å². The molecule has 1 heterocycles. The topological polar surface area (TPSA) is 78.9 Å². The maximum atomic E-state index is 13.2. The van der Waals surface area contributed by atoms with Crippen LogP contribution in [0.2, 0.25) is 0 Å². The minimum atomic E-state index is -1.63. The Kier molecular flexibility index (Phi) is 5.16. The lowest BCUT2D eigenvalue weighted by Gasteiger charge is -2.40. The van der Waals surface area contributed by atoms with E-state index in [1.54, 1.807) is 0 Å². The van der Waals surface area contributed by atoms with E-state index in [0.29, 0.717) is 16.7 Å². The Morgan fingerprint density at radius 2 is 1.53 bits per heavy atom. The summed E-state index contributed by atoms with van der Waals surface area (Å²) in [6.45, 7) is 0.0415. The van der Waals surface area contributed by atoms with Crippen molar-refractivity contribution in [2.24, 2.45) is 17.3 Å². The first-order chi connectivity index (χ1) is 14.6. The van der Waals surface area contributed by atoms with Gasteiger partial charge >= 0.3 is 17.9 Å². The number of hydrogen-bond acceptors (Lipinski definition) is 6. The number of carbonyl (C=O) groups excluding carboxylic acids is 3. The van der Waals surface area contributed by atoms with E-state index in [0.717, 1.165) is 5.56 Å². The predicted molar refractivity (Wildman–Crippen MR) is 109 cm³/mol. The summed E-state index contributed by atoms with van der Waals surface area (Å²) in [5, 5.41) is 0. The molecule has 1 aliphatic heterocycles. The molecule has 0 bridgehead atoms. The monoisotopic (exact) mass is 406 g/mol. The highest BCUT2D eigenvalue weighted by atomic mass is 16.6. The van der Waals surface area contributed by atoms with Gasteiger partial charge < -0.3 is 14.2 Å². The normalized spacial score (nSPS) is 25.3. The predicted octanol–water partition coefficient (Wildman–Crippen LogP) is 3.12. The highest BCUT2D eigenvalue weighted by Gasteiger charge is 2.65. The molecular weight excluding hydrogens is 384 g/mol. The summed E-state index contributed by atoms with van der Waals surface area (Å²) < 4.78 is 15.6. The molecule has 6 heteroatoms. The van der Waals surface area contributed by atoms with Crippen LogP contribution in [0.1, 0.15) is 17.5 Å². The fourth-order valence-corrected chi connectivity index (χ4v) is 4.74. The van der Waals surface area contributed by atoms with Crippen molar-refractivity contribution >= 4 is 29.1 Å². The summed E-state index contributed by atoms with van der Waals surface area (Å²) >= 11 is 0. The minimum absolute atomic E-state index is 0.0415. The second-order valence-corrected chi connectivity index (χ2v) is 7.43. The van der Waals surface area contributed by atoms with E-state index >= 15 is 0 Å². The molecule has 4 rings (SSSR count). The number of rotatable bonds is 4. The minimum Gasteiger partial charge on any atom is -0.469 e. The van der Waals surface area contributed by atoms with Crippen molar-refractivity contribution in [1.29, 1.82) is 0 Å². The van der Waals surface area contributed by atoms with Gasteiger partial charge in [0.2, 0.25) is 0 Å². The van der Waals surface area contributed by atoms with Crippen LogP contribution in [0.4, 0.5) is 0 Å². The molecule has 0 saturated carbocycles. The molecule has 1 aliphatic carbocycles. The molecule has 2 aromatic rings. The van der Waals surface area contributed by atoms with Crippen LogP contribution < -0.4 is 0 Å². The Hall–Kier alpha value is -3.41. The molecule has 0 spiro atoms. The zero-order valence-corrected chi connectivity index (χ0v) is 16.8. The van der Waals surface area contributed by atoms with Gasteiger partial charge in [-0.2, -0.15) is 0 Å². The van der Waals surface area contributed by atoms with Crippen LogP contribution in [-0.4, -0.2) is 38.7 Å². The first-order valence-electron chi connectivity index (χ1n) is 9.74. The molecule has 30 heavy (non-hydrogen) atoms. The van der Waals surface area contributed by atoms with Crippen LogP contribution in [0, 0.1) is 17.3 Å². The maximum Gasteiger partial charge on any atom is 0.328 e. The molecule has 1 saturated heterocycles. The molecule has 0 N–H and O–H groups in total. The second-order valence-electron chi connectivity index (χ2n) is 7.43. The van der Waals surface area contributed by atoms with E-state index in [-0.39, 0.29) is 13.0 Å². The molecule has 3 atom stereocenters. The molecule has 1 fully saturated rings. The van der Waals surface area contributed by atoms with E-state index in [9.17, 15) is 14.4 Å². The first-order valence-corrected chi connectivity index (χ1v) is 9.74. The fourth-order valence-electron chi connectivity index (χ4n) is 4.74. The first kappa shape index (κ1) is 19.9. The second kappa shape index (κ2) is 7.78. The average molecular weight is 406 g/mol. The number of cyclic esters (lactones) is 1. The standard InChI is InChI=1S/C24H22O6/c1-28-21(25)18-13-17-14-30-23(27)24(17,22(26)29-2)20(16-11-7-4-8-12-16)19(18)15-9-5-3-6-10-15/h3-12,17-18H,13-14H2,1-2H3/t17?,18-,24-/m1/s1. The van der Waals surface area contributed by atoms with Gasteiger partial charge in [0.25, 0.3) is 0 Å². The van der Waals surface area contributed by atoms with Gasteiger partial charge in [-0.1, -0.05) is 60.7 Å². The number of carbonyl (C=O) groups is 3. The molecule has 1 unspecified atom stereocenters. The molecular formula is C24H22O6. The van der Waals surface area contributed by atoms with E-state index in [2.05, 4.69) is 0 Å². The number of esters is 3. The number of benzene rings is 2. The highest BCUT2D eigenvalue weighted by Crippen LogP contribution is 2.58. The lowest BCUT2D eigenvalue weighted by atomic mass is 9.58. The van der Waals surface area contributed by atoms with Crippen molar-refractivity contribution in [3.8, 4) is 0 Å². The Labute approximate surface area is 174 Å². The molecule has 0 amide bonds. The van der Waals surface area contributed by atoms with Crippen molar-refractivity contribution in [2.45, 2.75) is 6.42 Å². The third-order valence-electron chi connectivity index (χ3n) is 6.02. The summed E-state index contributed by atoms with van der Waals surface area (Å²) in [7, 11) is 2.60. The molecule has 6 nitrogen and oxygen atoms in total. The lowest BCUT2D eigenvalue weighted by Crippen LogP contribution is -2.48. The third-order valence-corrected chi connectivity index (χ3v) is 6.02. The summed E-state index contributed by atoms with van der Waals surface area (Å²) in [4.78, 5) is 39.2. The highest BCUT2D eigenvalue weighted by molar-refractivity contribution is 6.20. The molecule has 2 aromatic carbocycles. The zero-order chi connectivity index (χ0) is 21.3. The largest absolute Gasteiger partial charge is 0.469 e. The fraction of sp³-hybridized carbons (Fsp3) is 0.292. The van der Waals surface area contributed by atoms with E-state index in [1.165, 1.54) is 14.2 Å². The van der Waals surface area contributed by atoms with Gasteiger partial charge in [-0.3, -0.25) is 14.4 Å². The SMILES string of the molecule is COC(=O)[C@@H]1CC2COC(=O)[C@@]2(C(=O)OC)C(c2ccccc2)=C1c1ccccc1. The number of methoxy groups -OCH3 is 2. The van der Waals surface area contributed by atoms with Crippen molar-refractivity contribution in [3.05, 3.63) is 71.8 Å². The summed E-state index contributed by atoms with van der Waals surface area (Å²) in [6.07, 6.45) is 0.244. The van der Waals surface area contributed by atoms with Gasteiger partial charge in [0.1, 0.15) is 0 Å². The Bertz CT molecular complexity index is 1010. The third kappa shape index (κ3) is 2.83. The summed E-state index contributed by atoms with van der Waals surface area (Å²) in [5.41, 5.74) is 0.822. The van der Waals surface area contributed by atoms with Crippen LogP contribution in [0.5, 0.6) is 0 Å². The van der Waals surface area contributed by atoms with E-state index in [1.807, 2.05) is 60.7 Å². The van der Waals surface area contributed by atoms with Crippen molar-refractivity contribution in [2.75, 3.05) is 20.8 Å². The van der Waals surface area contributed by atoms with Crippen LogP contribution >= 0.6 is 0 Å². The number of hydrogen-bond donors (Lipinski definition) is 0. The van der Waals surface area contributed by atoms with Gasteiger partial charge in [0, 0.05) is 5.92 Å². The Morgan fingerprint density at radius 1 is 0.933 bits per heavy atom. The van der Waals surface area contributed by atoms with Crippen molar-refractivity contribution in [3.63, 3.8) is 0 Å². The molecule has 0 aromatic heterocycles.